The molecule has 0 aromatic carbocycles. The van der Waals surface area contributed by atoms with Crippen molar-refractivity contribution in [3.8, 4) is 0 Å². The number of ether oxygens (including phenoxy) is 4. The van der Waals surface area contributed by atoms with Gasteiger partial charge in [0.1, 0.15) is 13.0 Å². The molecule has 0 bridgehead atoms. The van der Waals surface area contributed by atoms with Crippen molar-refractivity contribution in [2.24, 2.45) is 0 Å². The van der Waals surface area contributed by atoms with Gasteiger partial charge in [-0.05, 0) is 0 Å². The van der Waals surface area contributed by atoms with E-state index in [0.29, 0.717) is 13.3 Å². The van der Waals surface area contributed by atoms with E-state index >= 15 is 0 Å². The maximum Gasteiger partial charge on any atom is 0.153 e. The average molecular weight is 220 g/mol. The highest BCUT2D eigenvalue weighted by Crippen LogP contribution is 2.18. The molecule has 3 atom stereocenters. The molecular weight excluding hydrogens is 200 g/mol. The van der Waals surface area contributed by atoms with Crippen molar-refractivity contribution < 1.29 is 18.9 Å². The first kappa shape index (κ1) is 12.8. The van der Waals surface area contributed by atoms with Crippen molar-refractivity contribution in [3.63, 3.8) is 0 Å². The van der Waals surface area contributed by atoms with Gasteiger partial charge in [-0.25, -0.2) is 4.90 Å². The minimum absolute atomic E-state index is 0.0462. The van der Waals surface area contributed by atoms with Gasteiger partial charge in [0, 0.05) is 28.4 Å². The van der Waals surface area contributed by atoms with Crippen LogP contribution in [0.1, 0.15) is 0 Å². The van der Waals surface area contributed by atoms with Gasteiger partial charge >= 0.3 is 0 Å². The molecule has 15 heavy (non-hydrogen) atoms. The van der Waals surface area contributed by atoms with Crippen molar-refractivity contribution >= 4 is 0 Å². The maximum atomic E-state index is 5.36. The van der Waals surface area contributed by atoms with E-state index < -0.39 is 0 Å². The molecule has 6 heteroatoms. The summed E-state index contributed by atoms with van der Waals surface area (Å²) < 4.78 is 20.9. The number of nitrogens with one attached hydrogen (secondary N) is 1. The SMILES string of the molecule is COCC1NC(OC)C(OC)N1COC. The van der Waals surface area contributed by atoms with Crippen LogP contribution in [0.4, 0.5) is 0 Å². The fourth-order valence-corrected chi connectivity index (χ4v) is 1.78. The standard InChI is InChI=1S/C9H20N2O4/c1-12-5-7-10-8(14-3)9(15-4)11(7)6-13-2/h7-10H,5-6H2,1-4H3. The molecule has 1 aliphatic heterocycles. The first-order chi connectivity index (χ1) is 7.28. The van der Waals surface area contributed by atoms with Gasteiger partial charge in [-0.15, -0.1) is 0 Å². The number of hydrogen-bond donors (Lipinski definition) is 1. The van der Waals surface area contributed by atoms with Crippen molar-refractivity contribution in [2.75, 3.05) is 41.8 Å². The molecule has 0 saturated carbocycles. The Morgan fingerprint density at radius 3 is 2.27 bits per heavy atom. The van der Waals surface area contributed by atoms with Gasteiger partial charge < -0.3 is 18.9 Å². The second-order valence-electron chi connectivity index (χ2n) is 3.35. The zero-order chi connectivity index (χ0) is 11.3. The normalized spacial score (nSPS) is 32.4. The fraction of sp³-hybridized carbons (Fsp3) is 1.00. The summed E-state index contributed by atoms with van der Waals surface area (Å²) in [5.41, 5.74) is 0. The summed E-state index contributed by atoms with van der Waals surface area (Å²) in [6.07, 6.45) is -0.273. The first-order valence-electron chi connectivity index (χ1n) is 4.83. The van der Waals surface area contributed by atoms with E-state index in [1.54, 1.807) is 28.4 Å². The summed E-state index contributed by atoms with van der Waals surface area (Å²) in [4.78, 5) is 2.01. The quantitative estimate of drug-likeness (QED) is 0.646. The summed E-state index contributed by atoms with van der Waals surface area (Å²) >= 11 is 0. The Morgan fingerprint density at radius 2 is 1.80 bits per heavy atom. The van der Waals surface area contributed by atoms with E-state index in [4.69, 9.17) is 18.9 Å². The van der Waals surface area contributed by atoms with E-state index in [2.05, 4.69) is 5.32 Å². The van der Waals surface area contributed by atoms with Gasteiger partial charge in [0.15, 0.2) is 6.23 Å². The molecule has 1 N–H and O–H groups in total. The molecule has 1 rings (SSSR count). The van der Waals surface area contributed by atoms with E-state index in [1.165, 1.54) is 0 Å². The number of hydrogen-bond acceptors (Lipinski definition) is 6. The molecule has 0 aliphatic carbocycles. The molecule has 0 spiro atoms. The lowest BCUT2D eigenvalue weighted by atomic mass is 10.5. The van der Waals surface area contributed by atoms with Crippen LogP contribution in [0.3, 0.4) is 0 Å². The van der Waals surface area contributed by atoms with Crippen LogP contribution in [0, 0.1) is 0 Å². The van der Waals surface area contributed by atoms with E-state index in [1.807, 2.05) is 4.90 Å². The van der Waals surface area contributed by atoms with Gasteiger partial charge in [0.05, 0.1) is 12.8 Å². The zero-order valence-electron chi connectivity index (χ0n) is 9.73. The van der Waals surface area contributed by atoms with E-state index in [9.17, 15) is 0 Å². The third-order valence-corrected chi connectivity index (χ3v) is 2.44. The van der Waals surface area contributed by atoms with Gasteiger partial charge in [-0.2, -0.15) is 0 Å². The Bertz CT molecular complexity index is 181. The monoisotopic (exact) mass is 220 g/mol. The third kappa shape index (κ3) is 2.87. The Morgan fingerprint density at radius 1 is 1.07 bits per heavy atom. The molecule has 1 heterocycles. The van der Waals surface area contributed by atoms with Crippen LogP contribution in [-0.2, 0) is 18.9 Å². The van der Waals surface area contributed by atoms with Crippen molar-refractivity contribution in [2.45, 2.75) is 18.6 Å². The van der Waals surface area contributed by atoms with Gasteiger partial charge in [-0.1, -0.05) is 0 Å². The van der Waals surface area contributed by atoms with Crippen LogP contribution in [0.15, 0.2) is 0 Å². The summed E-state index contributed by atoms with van der Waals surface area (Å²) in [5, 5.41) is 3.25. The van der Waals surface area contributed by atoms with Gasteiger partial charge in [0.2, 0.25) is 0 Å². The minimum Gasteiger partial charge on any atom is -0.382 e. The van der Waals surface area contributed by atoms with Crippen LogP contribution in [0.5, 0.6) is 0 Å². The molecule has 1 aliphatic rings. The Kier molecular flexibility index (Phi) is 5.44. The highest BCUT2D eigenvalue weighted by atomic mass is 16.6. The predicted octanol–water partition coefficient (Wildman–Crippen LogP) is -0.587. The number of nitrogens with zero attached hydrogens (tertiary/aromatic N) is 1. The third-order valence-electron chi connectivity index (χ3n) is 2.44. The Hall–Kier alpha value is -0.240. The molecule has 90 valence electrons. The predicted molar refractivity (Wildman–Crippen MR) is 54.1 cm³/mol. The summed E-state index contributed by atoms with van der Waals surface area (Å²) in [6, 6.07) is 0. The topological polar surface area (TPSA) is 52.2 Å². The van der Waals surface area contributed by atoms with Crippen molar-refractivity contribution in [1.29, 1.82) is 0 Å². The lowest BCUT2D eigenvalue weighted by Gasteiger charge is -2.27. The van der Waals surface area contributed by atoms with E-state index in [-0.39, 0.29) is 18.6 Å². The Balaban J connectivity index is 2.64. The molecule has 6 nitrogen and oxygen atoms in total. The van der Waals surface area contributed by atoms with E-state index in [0.717, 1.165) is 0 Å². The molecular formula is C9H20N2O4. The highest BCUT2D eigenvalue weighted by Gasteiger charge is 2.41. The molecule has 3 unspecified atom stereocenters. The molecule has 1 saturated heterocycles. The summed E-state index contributed by atoms with van der Waals surface area (Å²) in [7, 11) is 6.60. The van der Waals surface area contributed by atoms with Crippen LogP contribution in [-0.4, -0.2) is 65.3 Å². The lowest BCUT2D eigenvalue weighted by Crippen LogP contribution is -2.43. The van der Waals surface area contributed by atoms with Crippen molar-refractivity contribution in [3.05, 3.63) is 0 Å². The molecule has 0 radical (unpaired) electrons. The van der Waals surface area contributed by atoms with Crippen LogP contribution >= 0.6 is 0 Å². The lowest BCUT2D eigenvalue weighted by molar-refractivity contribution is -0.119. The summed E-state index contributed by atoms with van der Waals surface area (Å²) in [5.74, 6) is 0. The average Bonchev–Trinajstić information content (AvgIpc) is 2.57. The minimum atomic E-state index is -0.162. The molecule has 0 aromatic heterocycles. The van der Waals surface area contributed by atoms with Crippen LogP contribution in [0.25, 0.3) is 0 Å². The van der Waals surface area contributed by atoms with Crippen LogP contribution in [0.2, 0.25) is 0 Å². The largest absolute Gasteiger partial charge is 0.382 e. The number of rotatable bonds is 6. The molecule has 1 fully saturated rings. The fourth-order valence-electron chi connectivity index (χ4n) is 1.78. The second-order valence-corrected chi connectivity index (χ2v) is 3.35. The van der Waals surface area contributed by atoms with Crippen LogP contribution < -0.4 is 5.32 Å². The van der Waals surface area contributed by atoms with Gasteiger partial charge in [-0.3, -0.25) is 5.32 Å². The Labute approximate surface area is 90.4 Å². The van der Waals surface area contributed by atoms with Crippen molar-refractivity contribution in [1.82, 2.24) is 10.2 Å². The molecule has 0 aromatic rings. The number of methoxy groups -OCH3 is 4. The molecule has 0 amide bonds. The summed E-state index contributed by atoms with van der Waals surface area (Å²) in [6.45, 7) is 1.03. The van der Waals surface area contributed by atoms with Gasteiger partial charge in [0.25, 0.3) is 0 Å². The second kappa shape index (κ2) is 6.37. The smallest absolute Gasteiger partial charge is 0.153 e. The zero-order valence-corrected chi connectivity index (χ0v) is 9.73. The maximum absolute atomic E-state index is 5.36. The first-order valence-corrected chi connectivity index (χ1v) is 4.83. The highest BCUT2D eigenvalue weighted by molar-refractivity contribution is 4.84.